The van der Waals surface area contributed by atoms with Crippen LogP contribution >= 0.6 is 0 Å². The molecule has 0 aliphatic heterocycles. The summed E-state index contributed by atoms with van der Waals surface area (Å²) in [7, 11) is 0. The van der Waals surface area contributed by atoms with Gasteiger partial charge in [-0.1, -0.05) is 0 Å². The first-order valence-corrected chi connectivity index (χ1v) is 3.51. The van der Waals surface area contributed by atoms with Gasteiger partial charge in [0, 0.05) is 17.5 Å². The Balaban J connectivity index is 3.14. The lowest BCUT2D eigenvalue weighted by Crippen LogP contribution is -2.18. The highest BCUT2D eigenvalue weighted by atomic mass is 16.3. The first kappa shape index (κ1) is 8.14. The van der Waals surface area contributed by atoms with E-state index in [1.54, 1.807) is 20.0 Å². The molecule has 1 heterocycles. The second kappa shape index (κ2) is 2.58. The van der Waals surface area contributed by atoms with Crippen molar-refractivity contribution >= 4 is 0 Å². The molecule has 0 bridgehead atoms. The van der Waals surface area contributed by atoms with Crippen LogP contribution in [0.4, 0.5) is 0 Å². The van der Waals surface area contributed by atoms with E-state index in [4.69, 9.17) is 0 Å². The summed E-state index contributed by atoms with van der Waals surface area (Å²) in [5, 5.41) is 9.59. The Bertz CT molecular complexity index is 253. The summed E-state index contributed by atoms with van der Waals surface area (Å²) in [6.07, 6.45) is 3.12. The highest BCUT2D eigenvalue weighted by molar-refractivity contribution is 5.20. The molecule has 1 N–H and O–H groups in total. The van der Waals surface area contributed by atoms with Gasteiger partial charge in [-0.2, -0.15) is 0 Å². The summed E-state index contributed by atoms with van der Waals surface area (Å²) in [6.45, 7) is 5.30. The molecule has 0 saturated carbocycles. The molecule has 60 valence electrons. The number of rotatable bonds is 1. The van der Waals surface area contributed by atoms with Gasteiger partial charge in [0.1, 0.15) is 6.33 Å². The number of nitrogens with zero attached hydrogens (tertiary/aromatic N) is 2. The molecule has 0 spiro atoms. The lowest BCUT2D eigenvalue weighted by molar-refractivity contribution is 0.0770. The van der Waals surface area contributed by atoms with Crippen molar-refractivity contribution in [3.63, 3.8) is 0 Å². The molecule has 0 radical (unpaired) electrons. The summed E-state index contributed by atoms with van der Waals surface area (Å²) >= 11 is 0. The van der Waals surface area contributed by atoms with Crippen LogP contribution in [0.25, 0.3) is 0 Å². The third kappa shape index (κ3) is 1.74. The van der Waals surface area contributed by atoms with E-state index in [1.807, 2.05) is 6.92 Å². The highest BCUT2D eigenvalue weighted by Crippen LogP contribution is 2.19. The fourth-order valence-electron chi connectivity index (χ4n) is 0.991. The minimum atomic E-state index is -0.842. The molecule has 0 fully saturated rings. The van der Waals surface area contributed by atoms with Crippen molar-refractivity contribution in [2.24, 2.45) is 0 Å². The van der Waals surface area contributed by atoms with Crippen molar-refractivity contribution in [3.05, 3.63) is 23.8 Å². The van der Waals surface area contributed by atoms with E-state index in [1.165, 1.54) is 6.33 Å². The molecule has 3 heteroatoms. The lowest BCUT2D eigenvalue weighted by Gasteiger charge is -2.18. The van der Waals surface area contributed by atoms with Crippen LogP contribution in [0.3, 0.4) is 0 Å². The molecular formula is C8H12N2O. The monoisotopic (exact) mass is 152 g/mol. The van der Waals surface area contributed by atoms with E-state index in [2.05, 4.69) is 9.97 Å². The number of hydrogen-bond donors (Lipinski definition) is 1. The second-order valence-electron chi connectivity index (χ2n) is 3.08. The molecule has 1 aromatic rings. The highest BCUT2D eigenvalue weighted by Gasteiger charge is 2.18. The maximum Gasteiger partial charge on any atom is 0.115 e. The maximum atomic E-state index is 9.59. The predicted molar refractivity (Wildman–Crippen MR) is 42.0 cm³/mol. The predicted octanol–water partition coefficient (Wildman–Crippen LogP) is 1.01. The summed E-state index contributed by atoms with van der Waals surface area (Å²) in [5.41, 5.74) is 0.762. The van der Waals surface area contributed by atoms with Crippen LogP contribution in [0.1, 0.15) is 25.1 Å². The van der Waals surface area contributed by atoms with Crippen LogP contribution in [0, 0.1) is 6.92 Å². The normalized spacial score (nSPS) is 11.6. The van der Waals surface area contributed by atoms with E-state index in [9.17, 15) is 5.11 Å². The van der Waals surface area contributed by atoms with E-state index >= 15 is 0 Å². The van der Waals surface area contributed by atoms with Crippen LogP contribution in [0.15, 0.2) is 12.5 Å². The Morgan fingerprint density at radius 3 is 2.45 bits per heavy atom. The smallest absolute Gasteiger partial charge is 0.115 e. The van der Waals surface area contributed by atoms with Crippen molar-refractivity contribution < 1.29 is 5.11 Å². The lowest BCUT2D eigenvalue weighted by atomic mass is 9.99. The largest absolute Gasteiger partial charge is 0.386 e. The number of aryl methyl sites for hydroxylation is 1. The number of aliphatic hydroxyl groups is 1. The Morgan fingerprint density at radius 2 is 2.09 bits per heavy atom. The average molecular weight is 152 g/mol. The van der Waals surface area contributed by atoms with E-state index < -0.39 is 5.60 Å². The molecule has 0 aromatic carbocycles. The van der Waals surface area contributed by atoms with Crippen LogP contribution in [-0.2, 0) is 5.60 Å². The van der Waals surface area contributed by atoms with Gasteiger partial charge in [0.2, 0.25) is 0 Å². The van der Waals surface area contributed by atoms with Crippen LogP contribution in [-0.4, -0.2) is 15.1 Å². The van der Waals surface area contributed by atoms with Crippen molar-refractivity contribution in [3.8, 4) is 0 Å². The van der Waals surface area contributed by atoms with Crippen molar-refractivity contribution in [2.75, 3.05) is 0 Å². The molecule has 11 heavy (non-hydrogen) atoms. The summed E-state index contributed by atoms with van der Waals surface area (Å²) < 4.78 is 0. The molecular weight excluding hydrogens is 140 g/mol. The third-order valence-corrected chi connectivity index (χ3v) is 1.57. The molecule has 0 atom stereocenters. The number of hydrogen-bond acceptors (Lipinski definition) is 3. The molecule has 1 aromatic heterocycles. The van der Waals surface area contributed by atoms with Crippen molar-refractivity contribution in [1.82, 2.24) is 9.97 Å². The van der Waals surface area contributed by atoms with E-state index in [0.29, 0.717) is 0 Å². The SMILES string of the molecule is Cc1ncncc1C(C)(C)O. The van der Waals surface area contributed by atoms with Gasteiger partial charge < -0.3 is 5.11 Å². The third-order valence-electron chi connectivity index (χ3n) is 1.57. The average Bonchev–Trinajstić information content (AvgIpc) is 1.86. The van der Waals surface area contributed by atoms with Gasteiger partial charge in [-0.05, 0) is 20.8 Å². The first-order valence-electron chi connectivity index (χ1n) is 3.51. The van der Waals surface area contributed by atoms with Crippen LogP contribution in [0.2, 0.25) is 0 Å². The van der Waals surface area contributed by atoms with Gasteiger partial charge in [0.15, 0.2) is 0 Å². The van der Waals surface area contributed by atoms with Gasteiger partial charge in [0.25, 0.3) is 0 Å². The van der Waals surface area contributed by atoms with Crippen LogP contribution < -0.4 is 0 Å². The zero-order valence-corrected chi connectivity index (χ0v) is 7.00. The van der Waals surface area contributed by atoms with Gasteiger partial charge in [-0.15, -0.1) is 0 Å². The van der Waals surface area contributed by atoms with Gasteiger partial charge >= 0.3 is 0 Å². The first-order chi connectivity index (χ1) is 5.02. The Morgan fingerprint density at radius 1 is 1.45 bits per heavy atom. The minimum absolute atomic E-state index is 0.778. The van der Waals surface area contributed by atoms with Gasteiger partial charge in [-0.3, -0.25) is 0 Å². The maximum absolute atomic E-state index is 9.59. The molecule has 0 aliphatic rings. The Labute approximate surface area is 66.1 Å². The molecule has 3 nitrogen and oxygen atoms in total. The van der Waals surface area contributed by atoms with E-state index in [-0.39, 0.29) is 0 Å². The topological polar surface area (TPSA) is 46.0 Å². The quantitative estimate of drug-likeness (QED) is 0.653. The zero-order valence-electron chi connectivity index (χ0n) is 7.00. The summed E-state index contributed by atoms with van der Waals surface area (Å²) in [5.74, 6) is 0. The Hall–Kier alpha value is -0.960. The standard InChI is InChI=1S/C8H12N2O/c1-6-7(8(2,3)11)4-9-5-10-6/h4-5,11H,1-3H3. The number of aromatic nitrogens is 2. The molecule has 0 saturated heterocycles. The van der Waals surface area contributed by atoms with Crippen molar-refractivity contribution in [2.45, 2.75) is 26.4 Å². The van der Waals surface area contributed by atoms with Crippen molar-refractivity contribution in [1.29, 1.82) is 0 Å². The van der Waals surface area contributed by atoms with E-state index in [0.717, 1.165) is 11.3 Å². The molecule has 1 rings (SSSR count). The minimum Gasteiger partial charge on any atom is -0.386 e. The molecule has 0 unspecified atom stereocenters. The second-order valence-corrected chi connectivity index (χ2v) is 3.08. The summed E-state index contributed by atoms with van der Waals surface area (Å²) in [6, 6.07) is 0. The van der Waals surface area contributed by atoms with Gasteiger partial charge in [-0.25, -0.2) is 9.97 Å². The fourth-order valence-corrected chi connectivity index (χ4v) is 0.991. The van der Waals surface area contributed by atoms with Crippen LogP contribution in [0.5, 0.6) is 0 Å². The fraction of sp³-hybridized carbons (Fsp3) is 0.500. The summed E-state index contributed by atoms with van der Waals surface area (Å²) in [4.78, 5) is 7.82. The van der Waals surface area contributed by atoms with Gasteiger partial charge in [0.05, 0.1) is 5.60 Å². The Kier molecular flexibility index (Phi) is 1.91. The molecule has 0 aliphatic carbocycles. The molecule has 0 amide bonds. The zero-order chi connectivity index (χ0) is 8.48.